The number of carbonyl (C=O) groups excluding carboxylic acids is 1. The van der Waals surface area contributed by atoms with Gasteiger partial charge in [-0.3, -0.25) is 4.79 Å². The summed E-state index contributed by atoms with van der Waals surface area (Å²) in [5, 5.41) is 13.1. The van der Waals surface area contributed by atoms with Crippen LogP contribution in [-0.2, 0) is 4.79 Å². The molecule has 0 spiro atoms. The second-order valence-corrected chi connectivity index (χ2v) is 5.26. The van der Waals surface area contributed by atoms with Gasteiger partial charge >= 0.3 is 0 Å². The molecule has 2 N–H and O–H groups in total. The van der Waals surface area contributed by atoms with Crippen LogP contribution < -0.4 is 10.1 Å². The van der Waals surface area contributed by atoms with E-state index in [1.807, 2.05) is 0 Å². The third kappa shape index (κ3) is 3.85. The van der Waals surface area contributed by atoms with Gasteiger partial charge < -0.3 is 15.2 Å². The molecule has 3 atom stereocenters. The number of amides is 1. The average molecular weight is 284 g/mol. The Hall–Kier alpha value is -1.26. The Morgan fingerprint density at radius 2 is 2.11 bits per heavy atom. The number of aliphatic hydroxyl groups is 1. The van der Waals surface area contributed by atoms with Gasteiger partial charge in [-0.15, -0.1) is 0 Å². The topological polar surface area (TPSA) is 58.6 Å². The number of rotatable bonds is 4. The SMILES string of the molecule is CC(Oc1ccc(Cl)cc1)C(=O)NC1CCCC1O. The van der Waals surface area contributed by atoms with Gasteiger partial charge in [-0.2, -0.15) is 0 Å². The van der Waals surface area contributed by atoms with E-state index >= 15 is 0 Å². The lowest BCUT2D eigenvalue weighted by atomic mass is 10.2. The van der Waals surface area contributed by atoms with Gasteiger partial charge in [-0.1, -0.05) is 11.6 Å². The molecule has 1 aliphatic carbocycles. The highest BCUT2D eigenvalue weighted by Crippen LogP contribution is 2.20. The van der Waals surface area contributed by atoms with Gasteiger partial charge in [-0.25, -0.2) is 0 Å². The van der Waals surface area contributed by atoms with E-state index in [1.165, 1.54) is 0 Å². The Balaban J connectivity index is 1.86. The normalized spacial score (nSPS) is 23.9. The molecule has 1 aromatic rings. The Morgan fingerprint density at radius 1 is 1.42 bits per heavy atom. The quantitative estimate of drug-likeness (QED) is 0.890. The first-order chi connectivity index (χ1) is 9.06. The number of aliphatic hydroxyl groups excluding tert-OH is 1. The molecule has 0 radical (unpaired) electrons. The summed E-state index contributed by atoms with van der Waals surface area (Å²) in [6, 6.07) is 6.71. The van der Waals surface area contributed by atoms with Gasteiger partial charge in [0.1, 0.15) is 5.75 Å². The standard InChI is InChI=1S/C14H18ClNO3/c1-9(19-11-7-5-10(15)6-8-11)14(18)16-12-3-2-4-13(12)17/h5-9,12-13,17H,2-4H2,1H3,(H,16,18). The van der Waals surface area contributed by atoms with Crippen molar-refractivity contribution in [1.29, 1.82) is 0 Å². The lowest BCUT2D eigenvalue weighted by Crippen LogP contribution is -2.45. The predicted octanol–water partition coefficient (Wildman–Crippen LogP) is 2.14. The Kier molecular flexibility index (Phi) is 4.66. The molecule has 1 aliphatic rings. The van der Waals surface area contributed by atoms with Crippen molar-refractivity contribution in [2.24, 2.45) is 0 Å². The van der Waals surface area contributed by atoms with E-state index in [2.05, 4.69) is 5.32 Å². The minimum absolute atomic E-state index is 0.149. The number of hydrogen-bond acceptors (Lipinski definition) is 3. The number of halogens is 1. The fourth-order valence-corrected chi connectivity index (χ4v) is 2.31. The summed E-state index contributed by atoms with van der Waals surface area (Å²) in [6.07, 6.45) is 1.47. The molecule has 3 unspecified atom stereocenters. The number of carbonyl (C=O) groups is 1. The number of hydrogen-bond donors (Lipinski definition) is 2. The molecule has 19 heavy (non-hydrogen) atoms. The van der Waals surface area contributed by atoms with Crippen LogP contribution in [0.1, 0.15) is 26.2 Å². The first kappa shape index (κ1) is 14.2. The molecule has 1 saturated carbocycles. The van der Waals surface area contributed by atoms with Crippen LogP contribution >= 0.6 is 11.6 Å². The summed E-state index contributed by atoms with van der Waals surface area (Å²) in [6.45, 7) is 1.69. The second-order valence-electron chi connectivity index (χ2n) is 4.83. The fraction of sp³-hybridized carbons (Fsp3) is 0.500. The molecule has 1 amide bonds. The molecule has 104 valence electrons. The molecule has 4 nitrogen and oxygen atoms in total. The van der Waals surface area contributed by atoms with Crippen LogP contribution in [0.3, 0.4) is 0 Å². The number of benzene rings is 1. The predicted molar refractivity (Wildman–Crippen MR) is 73.3 cm³/mol. The first-order valence-corrected chi connectivity index (χ1v) is 6.84. The van der Waals surface area contributed by atoms with Gasteiger partial charge in [0.2, 0.25) is 0 Å². The van der Waals surface area contributed by atoms with E-state index in [4.69, 9.17) is 16.3 Å². The molecular formula is C14H18ClNO3. The van der Waals surface area contributed by atoms with Crippen molar-refractivity contribution in [1.82, 2.24) is 5.32 Å². The van der Waals surface area contributed by atoms with Gasteiger partial charge in [0, 0.05) is 5.02 Å². The molecule has 5 heteroatoms. The van der Waals surface area contributed by atoms with E-state index in [9.17, 15) is 9.90 Å². The maximum absolute atomic E-state index is 11.9. The molecule has 0 aliphatic heterocycles. The third-order valence-electron chi connectivity index (χ3n) is 3.30. The minimum Gasteiger partial charge on any atom is -0.481 e. The van der Waals surface area contributed by atoms with Crippen molar-refractivity contribution in [3.63, 3.8) is 0 Å². The first-order valence-electron chi connectivity index (χ1n) is 6.47. The van der Waals surface area contributed by atoms with Crippen LogP contribution in [0.15, 0.2) is 24.3 Å². The Bertz CT molecular complexity index is 435. The zero-order chi connectivity index (χ0) is 13.8. The second kappa shape index (κ2) is 6.26. The summed E-state index contributed by atoms with van der Waals surface area (Å²) < 4.78 is 5.52. The van der Waals surface area contributed by atoms with Crippen LogP contribution in [-0.4, -0.2) is 29.3 Å². The number of nitrogens with one attached hydrogen (secondary N) is 1. The Labute approximate surface area is 117 Å². The van der Waals surface area contributed by atoms with Gasteiger partial charge in [0.25, 0.3) is 5.91 Å². The van der Waals surface area contributed by atoms with Crippen LogP contribution in [0.5, 0.6) is 5.75 Å². The largest absolute Gasteiger partial charge is 0.481 e. The maximum atomic E-state index is 11.9. The highest BCUT2D eigenvalue weighted by molar-refractivity contribution is 6.30. The van der Waals surface area contributed by atoms with Crippen LogP contribution in [0.2, 0.25) is 5.02 Å². The summed E-state index contributed by atoms with van der Waals surface area (Å²) in [7, 11) is 0. The Morgan fingerprint density at radius 3 is 2.68 bits per heavy atom. The lowest BCUT2D eigenvalue weighted by molar-refractivity contribution is -0.128. The van der Waals surface area contributed by atoms with Gasteiger partial charge in [0.05, 0.1) is 12.1 Å². The van der Waals surface area contributed by atoms with E-state index in [0.717, 1.165) is 19.3 Å². The number of ether oxygens (including phenoxy) is 1. The maximum Gasteiger partial charge on any atom is 0.261 e. The smallest absolute Gasteiger partial charge is 0.261 e. The molecule has 2 rings (SSSR count). The third-order valence-corrected chi connectivity index (χ3v) is 3.55. The highest BCUT2D eigenvalue weighted by Gasteiger charge is 2.28. The van der Waals surface area contributed by atoms with Gasteiger partial charge in [-0.05, 0) is 50.5 Å². The van der Waals surface area contributed by atoms with Crippen LogP contribution in [0, 0.1) is 0 Å². The van der Waals surface area contributed by atoms with Gasteiger partial charge in [0.15, 0.2) is 6.10 Å². The zero-order valence-corrected chi connectivity index (χ0v) is 11.6. The minimum atomic E-state index is -0.603. The van der Waals surface area contributed by atoms with Crippen molar-refractivity contribution in [2.45, 2.75) is 44.4 Å². The van der Waals surface area contributed by atoms with Crippen LogP contribution in [0.4, 0.5) is 0 Å². The van der Waals surface area contributed by atoms with Crippen molar-refractivity contribution in [3.05, 3.63) is 29.3 Å². The lowest BCUT2D eigenvalue weighted by Gasteiger charge is -2.20. The van der Waals surface area contributed by atoms with E-state index in [-0.39, 0.29) is 11.9 Å². The van der Waals surface area contributed by atoms with E-state index < -0.39 is 12.2 Å². The molecule has 0 aromatic heterocycles. The average Bonchev–Trinajstić information content (AvgIpc) is 2.78. The molecule has 0 heterocycles. The van der Waals surface area contributed by atoms with Crippen molar-refractivity contribution in [3.8, 4) is 5.75 Å². The summed E-state index contributed by atoms with van der Waals surface area (Å²) >= 11 is 5.78. The molecule has 0 bridgehead atoms. The zero-order valence-electron chi connectivity index (χ0n) is 10.8. The van der Waals surface area contributed by atoms with Crippen LogP contribution in [0.25, 0.3) is 0 Å². The van der Waals surface area contributed by atoms with E-state index in [0.29, 0.717) is 10.8 Å². The summed E-state index contributed by atoms with van der Waals surface area (Å²) in [5.41, 5.74) is 0. The summed E-state index contributed by atoms with van der Waals surface area (Å²) in [5.74, 6) is 0.389. The molecule has 1 aromatic carbocycles. The molecular weight excluding hydrogens is 266 g/mol. The molecule has 0 saturated heterocycles. The van der Waals surface area contributed by atoms with Crippen molar-refractivity contribution in [2.75, 3.05) is 0 Å². The molecule has 1 fully saturated rings. The fourth-order valence-electron chi connectivity index (χ4n) is 2.18. The highest BCUT2D eigenvalue weighted by atomic mass is 35.5. The van der Waals surface area contributed by atoms with Crippen molar-refractivity contribution >= 4 is 17.5 Å². The van der Waals surface area contributed by atoms with E-state index in [1.54, 1.807) is 31.2 Å². The summed E-state index contributed by atoms with van der Waals surface area (Å²) in [4.78, 5) is 11.9. The van der Waals surface area contributed by atoms with Crippen molar-refractivity contribution < 1.29 is 14.6 Å². The monoisotopic (exact) mass is 283 g/mol.